The average molecular weight is 445 g/mol. The third kappa shape index (κ3) is 1.72. The van der Waals surface area contributed by atoms with Gasteiger partial charge >= 0.3 is 0 Å². The zero-order valence-electron chi connectivity index (χ0n) is 18.5. The fourth-order valence-electron chi connectivity index (χ4n) is 10.1. The molecule has 0 N–H and O–H groups in total. The predicted molar refractivity (Wildman–Crippen MR) is 135 cm³/mol. The minimum Gasteiger partial charge on any atom is -0.0837 e. The van der Waals surface area contributed by atoms with E-state index in [2.05, 4.69) is 78.9 Å². The van der Waals surface area contributed by atoms with E-state index in [1.54, 1.807) is 11.1 Å². The summed E-state index contributed by atoms with van der Waals surface area (Å²) in [5.74, 6) is 3.72. The minimum absolute atomic E-state index is 0.260. The predicted octanol–water partition coefficient (Wildman–Crippen LogP) is 8.49. The Morgan fingerprint density at radius 3 is 2.30 bits per heavy atom. The number of fused-ring (bicyclic) bond motifs is 9. The summed E-state index contributed by atoms with van der Waals surface area (Å²) in [5, 5.41) is 3.24. The van der Waals surface area contributed by atoms with Crippen LogP contribution in [-0.4, -0.2) is 0 Å². The first-order valence-corrected chi connectivity index (χ1v) is 13.0. The van der Waals surface area contributed by atoms with Gasteiger partial charge in [0.25, 0.3) is 0 Å². The molecule has 2 spiro atoms. The van der Waals surface area contributed by atoms with E-state index in [1.807, 2.05) is 0 Å². The van der Waals surface area contributed by atoms with Gasteiger partial charge in [-0.1, -0.05) is 84.4 Å². The van der Waals surface area contributed by atoms with E-state index in [0.29, 0.717) is 5.41 Å². The smallest absolute Gasteiger partial charge is 0.0484 e. The number of halogens is 1. The number of hydrogen-bond donors (Lipinski definition) is 0. The van der Waals surface area contributed by atoms with E-state index < -0.39 is 0 Å². The normalized spacial score (nSPS) is 35.8. The lowest BCUT2D eigenvalue weighted by Crippen LogP contribution is -2.73. The minimum atomic E-state index is 0.260. The topological polar surface area (TPSA) is 0 Å². The molecule has 160 valence electrons. The first-order chi connectivity index (χ1) is 16.2. The highest BCUT2D eigenvalue weighted by atomic mass is 35.5. The fraction of sp³-hybridized carbons (Fsp3) is 0.312. The monoisotopic (exact) mass is 444 g/mol. The maximum atomic E-state index is 6.61. The Hall–Kier alpha value is -2.57. The van der Waals surface area contributed by atoms with E-state index in [4.69, 9.17) is 11.6 Å². The Morgan fingerprint density at radius 2 is 1.39 bits per heavy atom. The molecule has 0 amide bonds. The summed E-state index contributed by atoms with van der Waals surface area (Å²) >= 11 is 6.61. The SMILES string of the molecule is Clc1ccc(-c2cccc3c2-c2ccccc2C32C3CC4CC5CC2[C@@]53C4)c2ccccc12. The Kier molecular flexibility index (Phi) is 3.00. The van der Waals surface area contributed by atoms with Crippen LogP contribution in [0.25, 0.3) is 33.0 Å². The zero-order chi connectivity index (χ0) is 21.5. The molecule has 1 heteroatoms. The first kappa shape index (κ1) is 17.8. The molecule has 4 aromatic carbocycles. The molecule has 0 aliphatic heterocycles. The van der Waals surface area contributed by atoms with Crippen molar-refractivity contribution in [2.45, 2.75) is 31.1 Å². The van der Waals surface area contributed by atoms with Crippen molar-refractivity contribution in [1.82, 2.24) is 0 Å². The van der Waals surface area contributed by atoms with Crippen LogP contribution in [-0.2, 0) is 5.41 Å². The van der Waals surface area contributed by atoms with Crippen LogP contribution in [0.3, 0.4) is 0 Å². The molecule has 0 aromatic heterocycles. The van der Waals surface area contributed by atoms with Crippen LogP contribution in [0.1, 0.15) is 36.8 Å². The molecule has 9 rings (SSSR count). The van der Waals surface area contributed by atoms with Crippen molar-refractivity contribution in [3.8, 4) is 22.3 Å². The third-order valence-electron chi connectivity index (χ3n) is 10.8. The lowest BCUT2D eigenvalue weighted by Gasteiger charge is -2.76. The van der Waals surface area contributed by atoms with Crippen molar-refractivity contribution in [3.05, 3.63) is 95.0 Å². The molecule has 2 bridgehead atoms. The van der Waals surface area contributed by atoms with Crippen molar-refractivity contribution in [3.63, 3.8) is 0 Å². The summed E-state index contributed by atoms with van der Waals surface area (Å²) in [7, 11) is 0. The van der Waals surface area contributed by atoms with Crippen LogP contribution in [0.4, 0.5) is 0 Å². The molecule has 5 unspecified atom stereocenters. The second kappa shape index (κ2) is 5.56. The molecular weight excluding hydrogens is 420 g/mol. The molecule has 0 saturated heterocycles. The fourth-order valence-corrected chi connectivity index (χ4v) is 10.3. The summed E-state index contributed by atoms with van der Waals surface area (Å²) in [6.45, 7) is 0. The molecule has 4 fully saturated rings. The third-order valence-corrected chi connectivity index (χ3v) is 11.1. The van der Waals surface area contributed by atoms with Gasteiger partial charge in [-0.25, -0.2) is 0 Å². The van der Waals surface area contributed by atoms with E-state index in [1.165, 1.54) is 53.3 Å². The van der Waals surface area contributed by atoms with Gasteiger partial charge in [-0.05, 0) is 99.6 Å². The summed E-state index contributed by atoms with van der Waals surface area (Å²) in [6, 6.07) is 29.5. The van der Waals surface area contributed by atoms with Gasteiger partial charge in [0.15, 0.2) is 0 Å². The van der Waals surface area contributed by atoms with Crippen LogP contribution in [0, 0.1) is 29.1 Å². The van der Waals surface area contributed by atoms with Gasteiger partial charge < -0.3 is 0 Å². The van der Waals surface area contributed by atoms with Gasteiger partial charge in [-0.2, -0.15) is 0 Å². The van der Waals surface area contributed by atoms with Crippen molar-refractivity contribution in [2.24, 2.45) is 29.1 Å². The number of rotatable bonds is 1. The molecule has 5 aliphatic carbocycles. The second-order valence-electron chi connectivity index (χ2n) is 11.5. The molecule has 5 aliphatic rings. The van der Waals surface area contributed by atoms with Gasteiger partial charge in [0.1, 0.15) is 0 Å². The quantitative estimate of drug-likeness (QED) is 0.276. The Balaban J connectivity index is 1.36. The number of hydrogen-bond acceptors (Lipinski definition) is 0. The maximum Gasteiger partial charge on any atom is 0.0484 e. The van der Waals surface area contributed by atoms with Crippen molar-refractivity contribution < 1.29 is 0 Å². The van der Waals surface area contributed by atoms with Gasteiger partial charge in [0.05, 0.1) is 0 Å². The van der Waals surface area contributed by atoms with E-state index in [0.717, 1.165) is 34.1 Å². The number of benzene rings is 4. The molecule has 4 aromatic rings. The highest BCUT2D eigenvalue weighted by Crippen LogP contribution is 2.89. The van der Waals surface area contributed by atoms with Crippen LogP contribution < -0.4 is 0 Å². The van der Waals surface area contributed by atoms with Crippen LogP contribution in [0.2, 0.25) is 5.02 Å². The lowest BCUT2D eigenvalue weighted by molar-refractivity contribution is -0.231. The summed E-state index contributed by atoms with van der Waals surface area (Å²) < 4.78 is 0. The highest BCUT2D eigenvalue weighted by molar-refractivity contribution is 6.36. The zero-order valence-corrected chi connectivity index (χ0v) is 19.3. The Bertz CT molecular complexity index is 1530. The average Bonchev–Trinajstić information content (AvgIpc) is 3.47. The highest BCUT2D eigenvalue weighted by Gasteiger charge is 2.84. The van der Waals surface area contributed by atoms with Crippen LogP contribution in [0.5, 0.6) is 0 Å². The first-order valence-electron chi connectivity index (χ1n) is 12.7. The maximum absolute atomic E-state index is 6.61. The second-order valence-corrected chi connectivity index (χ2v) is 11.9. The van der Waals surface area contributed by atoms with Gasteiger partial charge in [-0.3, -0.25) is 0 Å². The van der Waals surface area contributed by atoms with Crippen LogP contribution >= 0.6 is 11.6 Å². The molecular formula is C32H25Cl. The summed E-state index contributed by atoms with van der Waals surface area (Å²) in [6.07, 6.45) is 5.95. The molecule has 0 nitrogen and oxygen atoms in total. The molecule has 0 heterocycles. The van der Waals surface area contributed by atoms with Crippen molar-refractivity contribution in [2.75, 3.05) is 0 Å². The Morgan fingerprint density at radius 1 is 0.636 bits per heavy atom. The summed E-state index contributed by atoms with van der Waals surface area (Å²) in [4.78, 5) is 0. The lowest BCUT2D eigenvalue weighted by atomic mass is 9.27. The standard InChI is InChI=1S/C32H25Cl/c33-27-13-12-21(20-6-1-2-7-22(20)27)23-9-5-11-26-30(23)24-8-3-4-10-25(24)32(26)28-15-18-14-19-16-29(32)31(19,28)17-18/h1-13,18-19,28-29H,14-17H2/t18?,19?,28?,29?,31-,32?/m0/s1. The molecule has 0 radical (unpaired) electrons. The van der Waals surface area contributed by atoms with Crippen molar-refractivity contribution in [1.29, 1.82) is 0 Å². The van der Waals surface area contributed by atoms with Gasteiger partial charge in [0.2, 0.25) is 0 Å². The van der Waals surface area contributed by atoms with Crippen LogP contribution in [0.15, 0.2) is 78.9 Å². The van der Waals surface area contributed by atoms with Gasteiger partial charge in [-0.15, -0.1) is 0 Å². The molecule has 33 heavy (non-hydrogen) atoms. The van der Waals surface area contributed by atoms with Gasteiger partial charge in [0, 0.05) is 15.8 Å². The van der Waals surface area contributed by atoms with E-state index in [9.17, 15) is 0 Å². The largest absolute Gasteiger partial charge is 0.0837 e. The van der Waals surface area contributed by atoms with Crippen molar-refractivity contribution >= 4 is 22.4 Å². The summed E-state index contributed by atoms with van der Waals surface area (Å²) in [5.41, 5.74) is 9.89. The van der Waals surface area contributed by atoms with E-state index >= 15 is 0 Å². The Labute approximate surface area is 199 Å². The molecule has 4 saturated carbocycles. The van der Waals surface area contributed by atoms with E-state index in [-0.39, 0.29) is 5.41 Å². The molecule has 6 atom stereocenters.